The Hall–Kier alpha value is -1.33. The van der Waals surface area contributed by atoms with Crippen molar-refractivity contribution in [3.8, 4) is 11.3 Å². The third-order valence-electron chi connectivity index (χ3n) is 3.31. The Balaban J connectivity index is 2.12. The van der Waals surface area contributed by atoms with Crippen molar-refractivity contribution in [1.29, 1.82) is 0 Å². The van der Waals surface area contributed by atoms with Gasteiger partial charge in [-0.1, -0.05) is 29.4 Å². The SMILES string of the molecule is O=S(=O)(Cl)Cc1noc2c1CCCc1ccccc1-2. The maximum atomic E-state index is 11.2. The van der Waals surface area contributed by atoms with Crippen molar-refractivity contribution < 1.29 is 12.9 Å². The molecule has 0 atom stereocenters. The van der Waals surface area contributed by atoms with E-state index in [1.165, 1.54) is 5.56 Å². The third kappa shape index (κ3) is 2.53. The molecule has 0 amide bonds. The molecule has 100 valence electrons. The van der Waals surface area contributed by atoms with Crippen molar-refractivity contribution in [2.45, 2.75) is 25.0 Å². The Morgan fingerprint density at radius 1 is 1.26 bits per heavy atom. The zero-order valence-electron chi connectivity index (χ0n) is 10.1. The molecule has 0 bridgehead atoms. The average molecular weight is 298 g/mol. The molecule has 0 fully saturated rings. The molecule has 1 aromatic carbocycles. The van der Waals surface area contributed by atoms with Gasteiger partial charge in [0.1, 0.15) is 11.4 Å². The zero-order chi connectivity index (χ0) is 13.5. The van der Waals surface area contributed by atoms with E-state index < -0.39 is 9.05 Å². The molecule has 1 aromatic heterocycles. The second-order valence-corrected chi connectivity index (χ2v) is 7.41. The highest BCUT2D eigenvalue weighted by molar-refractivity contribution is 8.13. The number of halogens is 1. The van der Waals surface area contributed by atoms with Gasteiger partial charge in [0.15, 0.2) is 5.76 Å². The van der Waals surface area contributed by atoms with Crippen molar-refractivity contribution in [3.63, 3.8) is 0 Å². The Bertz CT molecular complexity index is 721. The van der Waals surface area contributed by atoms with Crippen molar-refractivity contribution >= 4 is 19.7 Å². The van der Waals surface area contributed by atoms with Crippen LogP contribution in [0.5, 0.6) is 0 Å². The lowest BCUT2D eigenvalue weighted by molar-refractivity contribution is 0.425. The second-order valence-electron chi connectivity index (χ2n) is 4.63. The maximum absolute atomic E-state index is 11.2. The third-order valence-corrected chi connectivity index (χ3v) is 4.26. The van der Waals surface area contributed by atoms with Crippen molar-refractivity contribution in [3.05, 3.63) is 41.1 Å². The quantitative estimate of drug-likeness (QED) is 0.800. The molecule has 1 aliphatic carbocycles. The molecular weight excluding hydrogens is 286 g/mol. The molecular formula is C13H12ClNO3S. The van der Waals surface area contributed by atoms with Crippen LogP contribution in [-0.2, 0) is 27.6 Å². The molecule has 19 heavy (non-hydrogen) atoms. The Morgan fingerprint density at radius 3 is 2.84 bits per heavy atom. The van der Waals surface area contributed by atoms with E-state index in [-0.39, 0.29) is 5.75 Å². The molecule has 0 spiro atoms. The van der Waals surface area contributed by atoms with Gasteiger partial charge in [0.25, 0.3) is 0 Å². The number of rotatable bonds is 2. The van der Waals surface area contributed by atoms with Crippen LogP contribution in [0.3, 0.4) is 0 Å². The van der Waals surface area contributed by atoms with Crippen LogP contribution in [0.25, 0.3) is 11.3 Å². The summed E-state index contributed by atoms with van der Waals surface area (Å²) in [6.45, 7) is 0. The molecule has 1 aliphatic rings. The van der Waals surface area contributed by atoms with E-state index in [1.54, 1.807) is 0 Å². The van der Waals surface area contributed by atoms with Crippen LogP contribution in [0.15, 0.2) is 28.8 Å². The Labute approximate surface area is 115 Å². The standard InChI is InChI=1S/C13H12ClNO3S/c14-19(16,17)8-12-11-7-3-5-9-4-1-2-6-10(9)13(11)18-15-12/h1-2,4,6H,3,5,7-8H2. The van der Waals surface area contributed by atoms with Crippen LogP contribution in [0.4, 0.5) is 0 Å². The highest BCUT2D eigenvalue weighted by Gasteiger charge is 2.24. The van der Waals surface area contributed by atoms with Gasteiger partial charge >= 0.3 is 0 Å². The van der Waals surface area contributed by atoms with Crippen molar-refractivity contribution in [1.82, 2.24) is 5.16 Å². The monoisotopic (exact) mass is 297 g/mol. The minimum absolute atomic E-state index is 0.282. The number of fused-ring (bicyclic) bond motifs is 3. The molecule has 0 N–H and O–H groups in total. The molecule has 0 saturated heterocycles. The van der Waals surface area contributed by atoms with Crippen LogP contribution in [-0.4, -0.2) is 13.6 Å². The summed E-state index contributed by atoms with van der Waals surface area (Å²) in [5.74, 6) is 0.402. The molecule has 4 nitrogen and oxygen atoms in total. The average Bonchev–Trinajstić information content (AvgIpc) is 2.62. The molecule has 0 radical (unpaired) electrons. The number of aromatic nitrogens is 1. The fourth-order valence-corrected chi connectivity index (χ4v) is 3.37. The highest BCUT2D eigenvalue weighted by Crippen LogP contribution is 2.34. The molecule has 6 heteroatoms. The topological polar surface area (TPSA) is 60.2 Å². The summed E-state index contributed by atoms with van der Waals surface area (Å²) in [5.41, 5.74) is 3.51. The van der Waals surface area contributed by atoms with Crippen LogP contribution < -0.4 is 0 Å². The van der Waals surface area contributed by atoms with Gasteiger partial charge in [-0.25, -0.2) is 8.42 Å². The van der Waals surface area contributed by atoms with E-state index >= 15 is 0 Å². The number of aryl methyl sites for hydroxylation is 1. The van der Waals surface area contributed by atoms with Crippen LogP contribution >= 0.6 is 10.7 Å². The number of nitrogens with zero attached hydrogens (tertiary/aromatic N) is 1. The summed E-state index contributed by atoms with van der Waals surface area (Å²) in [4.78, 5) is 0. The van der Waals surface area contributed by atoms with Gasteiger partial charge in [0.05, 0.1) is 0 Å². The molecule has 1 heterocycles. The van der Waals surface area contributed by atoms with Crippen molar-refractivity contribution in [2.24, 2.45) is 0 Å². The zero-order valence-corrected chi connectivity index (χ0v) is 11.7. The first-order valence-electron chi connectivity index (χ1n) is 6.02. The highest BCUT2D eigenvalue weighted by atomic mass is 35.7. The minimum atomic E-state index is -3.62. The summed E-state index contributed by atoms with van der Waals surface area (Å²) in [7, 11) is 1.68. The van der Waals surface area contributed by atoms with E-state index in [0.717, 1.165) is 30.4 Å². The van der Waals surface area contributed by atoms with E-state index in [2.05, 4.69) is 11.2 Å². The van der Waals surface area contributed by atoms with Gasteiger partial charge in [0, 0.05) is 21.8 Å². The number of hydrogen-bond donors (Lipinski definition) is 0. The predicted octanol–water partition coefficient (Wildman–Crippen LogP) is 2.90. The molecule has 2 aromatic rings. The smallest absolute Gasteiger partial charge is 0.238 e. The van der Waals surface area contributed by atoms with Gasteiger partial charge in [-0.05, 0) is 24.8 Å². The fourth-order valence-electron chi connectivity index (χ4n) is 2.50. The summed E-state index contributed by atoms with van der Waals surface area (Å²) < 4.78 is 27.8. The summed E-state index contributed by atoms with van der Waals surface area (Å²) >= 11 is 0. The first kappa shape index (κ1) is 12.7. The summed E-state index contributed by atoms with van der Waals surface area (Å²) in [5, 5.41) is 3.89. The first-order chi connectivity index (χ1) is 9.04. The Morgan fingerprint density at radius 2 is 2.05 bits per heavy atom. The van der Waals surface area contributed by atoms with E-state index in [1.807, 2.05) is 18.2 Å². The number of hydrogen-bond acceptors (Lipinski definition) is 4. The fraction of sp³-hybridized carbons (Fsp3) is 0.308. The first-order valence-corrected chi connectivity index (χ1v) is 8.50. The summed E-state index contributed by atoms with van der Waals surface area (Å²) in [6.07, 6.45) is 2.66. The lowest BCUT2D eigenvalue weighted by atomic mass is 10.0. The molecule has 3 rings (SSSR count). The molecule has 0 aliphatic heterocycles. The normalized spacial score (nSPS) is 14.6. The van der Waals surface area contributed by atoms with Crippen molar-refractivity contribution in [2.75, 3.05) is 0 Å². The van der Waals surface area contributed by atoms with Gasteiger partial charge < -0.3 is 4.52 Å². The van der Waals surface area contributed by atoms with Gasteiger partial charge in [0.2, 0.25) is 9.05 Å². The maximum Gasteiger partial charge on any atom is 0.238 e. The van der Waals surface area contributed by atoms with Gasteiger partial charge in [-0.3, -0.25) is 0 Å². The second kappa shape index (κ2) is 4.65. The van der Waals surface area contributed by atoms with Crippen LogP contribution in [0.2, 0.25) is 0 Å². The van der Waals surface area contributed by atoms with Gasteiger partial charge in [-0.15, -0.1) is 0 Å². The minimum Gasteiger partial charge on any atom is -0.356 e. The largest absolute Gasteiger partial charge is 0.356 e. The van der Waals surface area contributed by atoms with Crippen LogP contribution in [0, 0.1) is 0 Å². The molecule has 0 unspecified atom stereocenters. The van der Waals surface area contributed by atoms with Crippen LogP contribution in [0.1, 0.15) is 23.2 Å². The lowest BCUT2D eigenvalue weighted by Crippen LogP contribution is -1.99. The predicted molar refractivity (Wildman–Crippen MR) is 72.4 cm³/mol. The number of benzene rings is 1. The van der Waals surface area contributed by atoms with E-state index in [4.69, 9.17) is 15.2 Å². The van der Waals surface area contributed by atoms with E-state index in [0.29, 0.717) is 11.5 Å². The lowest BCUT2D eigenvalue weighted by Gasteiger charge is -2.02. The van der Waals surface area contributed by atoms with E-state index in [9.17, 15) is 8.42 Å². The van der Waals surface area contributed by atoms with Gasteiger partial charge in [-0.2, -0.15) is 0 Å². The summed E-state index contributed by atoms with van der Waals surface area (Å²) in [6, 6.07) is 7.97. The Kier molecular flexibility index (Phi) is 3.11. The molecule has 0 saturated carbocycles.